The second-order valence-electron chi connectivity index (χ2n) is 5.68. The highest BCUT2D eigenvalue weighted by molar-refractivity contribution is 5.78. The van der Waals surface area contributed by atoms with E-state index in [0.717, 1.165) is 32.2 Å². The summed E-state index contributed by atoms with van der Waals surface area (Å²) in [5, 5.41) is 12.2. The Labute approximate surface area is 110 Å². The first-order chi connectivity index (χ1) is 8.79. The molecule has 1 aliphatic heterocycles. The maximum absolute atomic E-state index is 12.0. The van der Waals surface area contributed by atoms with Crippen LogP contribution in [0.5, 0.6) is 0 Å². The van der Waals surface area contributed by atoms with Gasteiger partial charge in [0.15, 0.2) is 0 Å². The van der Waals surface area contributed by atoms with Gasteiger partial charge in [0.25, 0.3) is 0 Å². The van der Waals surface area contributed by atoms with E-state index in [0.29, 0.717) is 18.6 Å². The third-order valence-electron chi connectivity index (χ3n) is 4.28. The number of amides is 1. The number of piperidine rings is 1. The Morgan fingerprint density at radius 3 is 2.61 bits per heavy atom. The number of nitrogens with one attached hydrogen (secondary N) is 1. The number of carbonyl (C=O) groups is 1. The molecule has 1 unspecified atom stereocenters. The van der Waals surface area contributed by atoms with Crippen LogP contribution < -0.4 is 5.32 Å². The SMILES string of the molecule is O=C(CN1CCCCC1CCO)NC1CCCC1. The van der Waals surface area contributed by atoms with Crippen LogP contribution in [0, 0.1) is 0 Å². The van der Waals surface area contributed by atoms with E-state index in [1.807, 2.05) is 0 Å². The van der Waals surface area contributed by atoms with E-state index in [1.165, 1.54) is 25.7 Å². The molecular weight excluding hydrogens is 228 g/mol. The van der Waals surface area contributed by atoms with Gasteiger partial charge in [-0.15, -0.1) is 0 Å². The fraction of sp³-hybridized carbons (Fsp3) is 0.929. The minimum absolute atomic E-state index is 0.173. The summed E-state index contributed by atoms with van der Waals surface area (Å²) in [6.45, 7) is 1.75. The third-order valence-corrected chi connectivity index (χ3v) is 4.28. The first-order valence-electron chi connectivity index (χ1n) is 7.44. The molecule has 1 saturated carbocycles. The van der Waals surface area contributed by atoms with Gasteiger partial charge in [-0.05, 0) is 38.6 Å². The van der Waals surface area contributed by atoms with Crippen LogP contribution in [-0.2, 0) is 4.79 Å². The van der Waals surface area contributed by atoms with Crippen LogP contribution in [0.15, 0.2) is 0 Å². The fourth-order valence-electron chi connectivity index (χ4n) is 3.27. The molecule has 1 aliphatic carbocycles. The van der Waals surface area contributed by atoms with Gasteiger partial charge in [-0.2, -0.15) is 0 Å². The van der Waals surface area contributed by atoms with E-state index in [4.69, 9.17) is 5.11 Å². The number of nitrogens with zero attached hydrogens (tertiary/aromatic N) is 1. The maximum Gasteiger partial charge on any atom is 0.234 e. The van der Waals surface area contributed by atoms with Crippen LogP contribution in [-0.4, -0.2) is 47.7 Å². The molecule has 0 bridgehead atoms. The highest BCUT2D eigenvalue weighted by atomic mass is 16.3. The average molecular weight is 254 g/mol. The summed E-state index contributed by atoms with van der Waals surface area (Å²) in [5.41, 5.74) is 0. The Kier molecular flexibility index (Phi) is 5.45. The van der Waals surface area contributed by atoms with Crippen molar-refractivity contribution in [1.82, 2.24) is 10.2 Å². The van der Waals surface area contributed by atoms with E-state index in [-0.39, 0.29) is 12.5 Å². The summed E-state index contributed by atoms with van der Waals surface area (Å²) >= 11 is 0. The molecule has 2 fully saturated rings. The lowest BCUT2D eigenvalue weighted by molar-refractivity contribution is -0.124. The Hall–Kier alpha value is -0.610. The van der Waals surface area contributed by atoms with E-state index < -0.39 is 0 Å². The molecule has 18 heavy (non-hydrogen) atoms. The Balaban J connectivity index is 1.76. The molecule has 2 aliphatic rings. The first-order valence-corrected chi connectivity index (χ1v) is 7.44. The number of aliphatic hydroxyl groups excluding tert-OH is 1. The van der Waals surface area contributed by atoms with Gasteiger partial charge in [-0.25, -0.2) is 0 Å². The van der Waals surface area contributed by atoms with Crippen LogP contribution in [0.25, 0.3) is 0 Å². The lowest BCUT2D eigenvalue weighted by Gasteiger charge is -2.35. The fourth-order valence-corrected chi connectivity index (χ4v) is 3.27. The van der Waals surface area contributed by atoms with Gasteiger partial charge in [0.05, 0.1) is 6.54 Å². The predicted molar refractivity (Wildman–Crippen MR) is 71.3 cm³/mol. The molecule has 104 valence electrons. The molecular formula is C14H26N2O2. The van der Waals surface area contributed by atoms with Gasteiger partial charge in [-0.3, -0.25) is 9.69 Å². The monoisotopic (exact) mass is 254 g/mol. The van der Waals surface area contributed by atoms with Crippen molar-refractivity contribution in [3.8, 4) is 0 Å². The number of hydrogen-bond acceptors (Lipinski definition) is 3. The third kappa shape index (κ3) is 3.95. The molecule has 0 aromatic heterocycles. The normalized spacial score (nSPS) is 26.4. The molecule has 2 rings (SSSR count). The number of aliphatic hydroxyl groups is 1. The predicted octanol–water partition coefficient (Wildman–Crippen LogP) is 1.28. The minimum atomic E-state index is 0.173. The van der Waals surface area contributed by atoms with Crippen molar-refractivity contribution in [1.29, 1.82) is 0 Å². The molecule has 2 N–H and O–H groups in total. The molecule has 0 aromatic rings. The van der Waals surface area contributed by atoms with Crippen LogP contribution in [0.3, 0.4) is 0 Å². The smallest absolute Gasteiger partial charge is 0.234 e. The Bertz CT molecular complexity index is 263. The quantitative estimate of drug-likeness (QED) is 0.777. The lowest BCUT2D eigenvalue weighted by Crippen LogP contribution is -2.47. The topological polar surface area (TPSA) is 52.6 Å². The zero-order chi connectivity index (χ0) is 12.8. The van der Waals surface area contributed by atoms with Crippen molar-refractivity contribution >= 4 is 5.91 Å². The molecule has 4 heteroatoms. The molecule has 1 atom stereocenters. The molecule has 0 spiro atoms. The van der Waals surface area contributed by atoms with Gasteiger partial charge < -0.3 is 10.4 Å². The molecule has 4 nitrogen and oxygen atoms in total. The van der Waals surface area contributed by atoms with E-state index in [9.17, 15) is 4.79 Å². The Morgan fingerprint density at radius 1 is 1.17 bits per heavy atom. The molecule has 1 heterocycles. The molecule has 0 radical (unpaired) electrons. The number of likely N-dealkylation sites (tertiary alicyclic amines) is 1. The zero-order valence-electron chi connectivity index (χ0n) is 11.2. The summed E-state index contributed by atoms with van der Waals surface area (Å²) in [4.78, 5) is 14.3. The van der Waals surface area contributed by atoms with E-state index in [1.54, 1.807) is 0 Å². The largest absolute Gasteiger partial charge is 0.396 e. The number of rotatable bonds is 5. The van der Waals surface area contributed by atoms with Crippen LogP contribution in [0.2, 0.25) is 0 Å². The van der Waals surface area contributed by atoms with E-state index >= 15 is 0 Å². The zero-order valence-corrected chi connectivity index (χ0v) is 11.2. The maximum atomic E-state index is 12.0. The van der Waals surface area contributed by atoms with E-state index in [2.05, 4.69) is 10.2 Å². The number of hydrogen-bond donors (Lipinski definition) is 2. The van der Waals surface area contributed by atoms with Crippen molar-refractivity contribution in [2.45, 2.75) is 63.5 Å². The molecule has 1 saturated heterocycles. The summed E-state index contributed by atoms with van der Waals surface area (Å²) in [6.07, 6.45) is 9.12. The van der Waals surface area contributed by atoms with Crippen molar-refractivity contribution < 1.29 is 9.90 Å². The molecule has 0 aromatic carbocycles. The van der Waals surface area contributed by atoms with Gasteiger partial charge >= 0.3 is 0 Å². The van der Waals surface area contributed by atoms with Crippen molar-refractivity contribution in [2.24, 2.45) is 0 Å². The van der Waals surface area contributed by atoms with Gasteiger partial charge in [-0.1, -0.05) is 19.3 Å². The van der Waals surface area contributed by atoms with Crippen molar-refractivity contribution in [2.75, 3.05) is 19.7 Å². The highest BCUT2D eigenvalue weighted by Gasteiger charge is 2.25. The first kappa shape index (κ1) is 13.8. The van der Waals surface area contributed by atoms with Gasteiger partial charge in [0.1, 0.15) is 0 Å². The van der Waals surface area contributed by atoms with Gasteiger partial charge in [0.2, 0.25) is 5.91 Å². The van der Waals surface area contributed by atoms with Gasteiger partial charge in [0, 0.05) is 18.7 Å². The lowest BCUT2D eigenvalue weighted by atomic mass is 9.99. The summed E-state index contributed by atoms with van der Waals surface area (Å²) in [6, 6.07) is 0.816. The summed E-state index contributed by atoms with van der Waals surface area (Å²) in [5.74, 6) is 0.173. The highest BCUT2D eigenvalue weighted by Crippen LogP contribution is 2.20. The second-order valence-corrected chi connectivity index (χ2v) is 5.68. The average Bonchev–Trinajstić information content (AvgIpc) is 2.84. The number of carbonyl (C=O) groups excluding carboxylic acids is 1. The van der Waals surface area contributed by atoms with Crippen LogP contribution in [0.1, 0.15) is 51.4 Å². The minimum Gasteiger partial charge on any atom is -0.396 e. The molecule has 1 amide bonds. The second kappa shape index (κ2) is 7.10. The summed E-state index contributed by atoms with van der Waals surface area (Å²) < 4.78 is 0. The van der Waals surface area contributed by atoms with Crippen LogP contribution in [0.4, 0.5) is 0 Å². The Morgan fingerprint density at radius 2 is 1.89 bits per heavy atom. The standard InChI is InChI=1S/C14H26N2O2/c17-10-8-13-7-3-4-9-16(13)11-14(18)15-12-5-1-2-6-12/h12-13,17H,1-11H2,(H,15,18). The summed E-state index contributed by atoms with van der Waals surface area (Å²) in [7, 11) is 0. The van der Waals surface area contributed by atoms with Crippen molar-refractivity contribution in [3.05, 3.63) is 0 Å². The van der Waals surface area contributed by atoms with Crippen LogP contribution >= 0.6 is 0 Å². The van der Waals surface area contributed by atoms with Crippen molar-refractivity contribution in [3.63, 3.8) is 0 Å².